The van der Waals surface area contributed by atoms with Crippen LogP contribution in [0.15, 0.2) is 54.6 Å². The van der Waals surface area contributed by atoms with Gasteiger partial charge in [-0.1, -0.05) is 30.3 Å². The zero-order valence-electron chi connectivity index (χ0n) is 14.0. The van der Waals surface area contributed by atoms with Gasteiger partial charge in [0.2, 0.25) is 11.8 Å². The highest BCUT2D eigenvalue weighted by molar-refractivity contribution is 6.21. The van der Waals surface area contributed by atoms with Gasteiger partial charge in [-0.2, -0.15) is 0 Å². The lowest BCUT2D eigenvalue weighted by atomic mass is 9.98. The van der Waals surface area contributed by atoms with Crippen molar-refractivity contribution in [2.45, 2.75) is 19.8 Å². The Hall–Kier alpha value is -2.95. The molecule has 2 amide bonds. The van der Waals surface area contributed by atoms with Crippen LogP contribution in [0, 0.1) is 5.92 Å². The highest BCUT2D eigenvalue weighted by Crippen LogP contribution is 2.29. The average molecular weight is 337 g/mol. The molecule has 0 aromatic heterocycles. The van der Waals surface area contributed by atoms with Crippen LogP contribution in [-0.2, 0) is 20.7 Å². The number of ether oxygens (including phenoxy) is 1. The number of benzene rings is 2. The van der Waals surface area contributed by atoms with Crippen LogP contribution < -0.4 is 4.90 Å². The summed E-state index contributed by atoms with van der Waals surface area (Å²) in [4.78, 5) is 37.9. The van der Waals surface area contributed by atoms with Crippen molar-refractivity contribution in [3.63, 3.8) is 0 Å². The van der Waals surface area contributed by atoms with E-state index in [1.54, 1.807) is 31.2 Å². The van der Waals surface area contributed by atoms with Crippen LogP contribution in [0.4, 0.5) is 5.69 Å². The van der Waals surface area contributed by atoms with E-state index in [0.29, 0.717) is 24.3 Å². The summed E-state index contributed by atoms with van der Waals surface area (Å²) in [5.41, 5.74) is 1.91. The number of nitrogens with zero attached hydrogens (tertiary/aromatic N) is 1. The van der Waals surface area contributed by atoms with E-state index >= 15 is 0 Å². The smallest absolute Gasteiger partial charge is 0.338 e. The minimum Gasteiger partial charge on any atom is -0.462 e. The van der Waals surface area contributed by atoms with Gasteiger partial charge in [-0.15, -0.1) is 0 Å². The van der Waals surface area contributed by atoms with Crippen LogP contribution in [0.3, 0.4) is 0 Å². The molecule has 1 aliphatic heterocycles. The molecule has 2 aromatic carbocycles. The Kier molecular flexibility index (Phi) is 4.93. The molecule has 5 nitrogen and oxygen atoms in total. The van der Waals surface area contributed by atoms with E-state index in [0.717, 1.165) is 5.56 Å². The third-order valence-electron chi connectivity index (χ3n) is 4.20. The van der Waals surface area contributed by atoms with E-state index in [4.69, 9.17) is 4.74 Å². The van der Waals surface area contributed by atoms with Gasteiger partial charge in [-0.05, 0) is 43.2 Å². The second-order valence-corrected chi connectivity index (χ2v) is 5.93. The minimum absolute atomic E-state index is 0.197. The van der Waals surface area contributed by atoms with Gasteiger partial charge in [0, 0.05) is 6.42 Å². The van der Waals surface area contributed by atoms with Gasteiger partial charge in [-0.25, -0.2) is 4.79 Å². The number of carbonyl (C=O) groups excluding carboxylic acids is 3. The summed E-state index contributed by atoms with van der Waals surface area (Å²) in [6.45, 7) is 2.03. The van der Waals surface area contributed by atoms with E-state index in [1.807, 2.05) is 30.3 Å². The maximum Gasteiger partial charge on any atom is 0.338 e. The molecule has 0 radical (unpaired) electrons. The normalized spacial score (nSPS) is 17.0. The Morgan fingerprint density at radius 3 is 2.40 bits per heavy atom. The second kappa shape index (κ2) is 7.30. The Morgan fingerprint density at radius 1 is 1.08 bits per heavy atom. The minimum atomic E-state index is -0.421. The summed E-state index contributed by atoms with van der Waals surface area (Å²) in [5, 5.41) is 0. The Labute approximate surface area is 146 Å². The first-order valence-corrected chi connectivity index (χ1v) is 8.28. The van der Waals surface area contributed by atoms with Crippen molar-refractivity contribution in [1.29, 1.82) is 0 Å². The summed E-state index contributed by atoms with van der Waals surface area (Å²) in [7, 11) is 0. The first-order valence-electron chi connectivity index (χ1n) is 8.28. The number of rotatable bonds is 5. The lowest BCUT2D eigenvalue weighted by molar-refractivity contribution is -0.122. The highest BCUT2D eigenvalue weighted by Gasteiger charge is 2.39. The molecule has 0 N–H and O–H groups in total. The van der Waals surface area contributed by atoms with Gasteiger partial charge in [0.15, 0.2) is 0 Å². The largest absolute Gasteiger partial charge is 0.462 e. The van der Waals surface area contributed by atoms with Gasteiger partial charge in [0.1, 0.15) is 0 Å². The summed E-state index contributed by atoms with van der Waals surface area (Å²) >= 11 is 0. The summed E-state index contributed by atoms with van der Waals surface area (Å²) in [5.74, 6) is -1.18. The molecule has 0 bridgehead atoms. The maximum atomic E-state index is 12.7. The molecule has 25 heavy (non-hydrogen) atoms. The van der Waals surface area contributed by atoms with Crippen molar-refractivity contribution >= 4 is 23.5 Å². The topological polar surface area (TPSA) is 63.7 Å². The number of hydrogen-bond donors (Lipinski definition) is 0. The SMILES string of the molecule is CCOC(=O)c1ccc(N2C(=O)C[C@@H](Cc3ccccc3)C2=O)cc1. The fourth-order valence-corrected chi connectivity index (χ4v) is 2.99. The quantitative estimate of drug-likeness (QED) is 0.621. The van der Waals surface area contributed by atoms with Crippen LogP contribution in [0.2, 0.25) is 0 Å². The van der Waals surface area contributed by atoms with E-state index in [-0.39, 0.29) is 24.2 Å². The number of carbonyl (C=O) groups is 3. The molecular formula is C20H19NO4. The van der Waals surface area contributed by atoms with Crippen LogP contribution in [0.1, 0.15) is 29.3 Å². The molecule has 3 rings (SSSR count). The number of hydrogen-bond acceptors (Lipinski definition) is 4. The predicted octanol–water partition coefficient (Wildman–Crippen LogP) is 2.99. The Morgan fingerprint density at radius 2 is 1.76 bits per heavy atom. The molecule has 5 heteroatoms. The van der Waals surface area contributed by atoms with Crippen molar-refractivity contribution in [2.75, 3.05) is 11.5 Å². The first-order chi connectivity index (χ1) is 12.1. The molecule has 1 fully saturated rings. The van der Waals surface area contributed by atoms with Crippen molar-refractivity contribution in [3.05, 3.63) is 65.7 Å². The number of anilines is 1. The molecule has 0 aliphatic carbocycles. The van der Waals surface area contributed by atoms with Gasteiger partial charge in [-0.3, -0.25) is 14.5 Å². The summed E-state index contributed by atoms with van der Waals surface area (Å²) in [6.07, 6.45) is 0.746. The molecule has 1 heterocycles. The number of imide groups is 1. The number of esters is 1. The monoisotopic (exact) mass is 337 g/mol. The fraction of sp³-hybridized carbons (Fsp3) is 0.250. The van der Waals surface area contributed by atoms with E-state index in [1.165, 1.54) is 4.90 Å². The predicted molar refractivity (Wildman–Crippen MR) is 93.1 cm³/mol. The average Bonchev–Trinajstić information content (AvgIpc) is 2.90. The third kappa shape index (κ3) is 3.60. The van der Waals surface area contributed by atoms with E-state index < -0.39 is 5.97 Å². The Balaban J connectivity index is 1.75. The summed E-state index contributed by atoms with van der Waals surface area (Å²) in [6, 6.07) is 16.0. The van der Waals surface area contributed by atoms with Crippen molar-refractivity contribution in [2.24, 2.45) is 5.92 Å². The standard InChI is InChI=1S/C20H19NO4/c1-2-25-20(24)15-8-10-17(11-9-15)21-18(22)13-16(19(21)23)12-14-6-4-3-5-7-14/h3-11,16H,2,12-13H2,1H3/t16-/m1/s1. The van der Waals surface area contributed by atoms with Crippen LogP contribution in [0.5, 0.6) is 0 Å². The van der Waals surface area contributed by atoms with Crippen molar-refractivity contribution < 1.29 is 19.1 Å². The molecule has 1 saturated heterocycles. The highest BCUT2D eigenvalue weighted by atomic mass is 16.5. The summed E-state index contributed by atoms with van der Waals surface area (Å²) < 4.78 is 4.93. The van der Waals surface area contributed by atoms with Crippen LogP contribution in [-0.4, -0.2) is 24.4 Å². The molecule has 2 aromatic rings. The van der Waals surface area contributed by atoms with Gasteiger partial charge in [0.05, 0.1) is 23.8 Å². The molecule has 0 spiro atoms. The van der Waals surface area contributed by atoms with Crippen molar-refractivity contribution in [1.82, 2.24) is 0 Å². The fourth-order valence-electron chi connectivity index (χ4n) is 2.99. The number of amides is 2. The van der Waals surface area contributed by atoms with E-state index in [9.17, 15) is 14.4 Å². The van der Waals surface area contributed by atoms with E-state index in [2.05, 4.69) is 0 Å². The van der Waals surface area contributed by atoms with Crippen LogP contribution in [0.25, 0.3) is 0 Å². The zero-order chi connectivity index (χ0) is 17.8. The lowest BCUT2D eigenvalue weighted by Gasteiger charge is -2.15. The van der Waals surface area contributed by atoms with Gasteiger partial charge >= 0.3 is 5.97 Å². The molecule has 1 aliphatic rings. The third-order valence-corrected chi connectivity index (χ3v) is 4.20. The van der Waals surface area contributed by atoms with Gasteiger partial charge < -0.3 is 4.74 Å². The first kappa shape index (κ1) is 16.9. The zero-order valence-corrected chi connectivity index (χ0v) is 14.0. The van der Waals surface area contributed by atoms with Crippen molar-refractivity contribution in [3.8, 4) is 0 Å². The maximum absolute atomic E-state index is 12.7. The van der Waals surface area contributed by atoms with Crippen LogP contribution >= 0.6 is 0 Å². The lowest BCUT2D eigenvalue weighted by Crippen LogP contribution is -2.30. The molecule has 128 valence electrons. The molecular weight excluding hydrogens is 318 g/mol. The second-order valence-electron chi connectivity index (χ2n) is 5.93. The Bertz CT molecular complexity index is 783. The molecule has 0 saturated carbocycles. The molecule has 1 atom stereocenters. The van der Waals surface area contributed by atoms with Gasteiger partial charge in [0.25, 0.3) is 0 Å². The molecule has 0 unspecified atom stereocenters.